The minimum Gasteiger partial charge on any atom is -0.314 e. The molecule has 3 nitrogen and oxygen atoms in total. The molecule has 0 unspecified atom stereocenters. The first kappa shape index (κ1) is 15.1. The van der Waals surface area contributed by atoms with Crippen LogP contribution in [0.1, 0.15) is 39.1 Å². The molecule has 0 atom stereocenters. The molecule has 0 radical (unpaired) electrons. The molecule has 1 N–H and O–H groups in total. The van der Waals surface area contributed by atoms with E-state index in [-0.39, 0.29) is 0 Å². The highest BCUT2D eigenvalue weighted by Crippen LogP contribution is 2.10. The van der Waals surface area contributed by atoms with Crippen LogP contribution in [0.5, 0.6) is 0 Å². The fourth-order valence-corrected chi connectivity index (χ4v) is 2.03. The average molecular weight is 249 g/mol. The van der Waals surface area contributed by atoms with E-state index in [1.54, 1.807) is 0 Å². The van der Waals surface area contributed by atoms with Gasteiger partial charge in [0.2, 0.25) is 0 Å². The molecule has 0 bridgehead atoms. The van der Waals surface area contributed by atoms with Crippen molar-refractivity contribution in [3.8, 4) is 0 Å². The van der Waals surface area contributed by atoms with E-state index in [4.69, 9.17) is 0 Å². The fourth-order valence-electron chi connectivity index (χ4n) is 2.03. The van der Waals surface area contributed by atoms with Gasteiger partial charge in [0.25, 0.3) is 0 Å². The van der Waals surface area contributed by atoms with Gasteiger partial charge in [-0.15, -0.1) is 0 Å². The lowest BCUT2D eigenvalue weighted by atomic mass is 10.1. The third-order valence-electron chi connectivity index (χ3n) is 2.92. The Morgan fingerprint density at radius 1 is 1.17 bits per heavy atom. The van der Waals surface area contributed by atoms with Crippen LogP contribution in [0.4, 0.5) is 0 Å². The number of pyridine rings is 1. The highest BCUT2D eigenvalue weighted by Gasteiger charge is 2.12. The third kappa shape index (κ3) is 5.15. The number of nitrogens with one attached hydrogen (secondary N) is 1. The minimum atomic E-state index is 0.558. The molecule has 1 heterocycles. The van der Waals surface area contributed by atoms with Gasteiger partial charge in [-0.2, -0.15) is 0 Å². The summed E-state index contributed by atoms with van der Waals surface area (Å²) >= 11 is 0. The molecule has 0 aliphatic carbocycles. The first-order chi connectivity index (χ1) is 8.52. The summed E-state index contributed by atoms with van der Waals surface area (Å²) < 4.78 is 0. The van der Waals surface area contributed by atoms with Crippen LogP contribution in [0.2, 0.25) is 0 Å². The molecule has 1 aromatic heterocycles. The van der Waals surface area contributed by atoms with Gasteiger partial charge in [0, 0.05) is 25.7 Å². The molecular formula is C15H27N3. The highest BCUT2D eigenvalue weighted by atomic mass is 15.2. The second-order valence-electron chi connectivity index (χ2n) is 5.57. The number of hydrogen-bond donors (Lipinski definition) is 1. The standard InChI is InChI=1S/C15H27N3/c1-12(2)10-18(13(3)4)11-15-8-6-7-14(17-15)9-16-5/h6-8,12-13,16H,9-11H2,1-5H3. The second kappa shape index (κ2) is 7.49. The van der Waals surface area contributed by atoms with E-state index in [0.29, 0.717) is 12.0 Å². The summed E-state index contributed by atoms with van der Waals surface area (Å²) in [7, 11) is 1.95. The van der Waals surface area contributed by atoms with Gasteiger partial charge in [-0.05, 0) is 38.9 Å². The molecule has 0 fully saturated rings. The van der Waals surface area contributed by atoms with Crippen LogP contribution in [0.15, 0.2) is 18.2 Å². The highest BCUT2D eigenvalue weighted by molar-refractivity contribution is 5.11. The Bertz CT molecular complexity index is 347. The van der Waals surface area contributed by atoms with Gasteiger partial charge in [-0.25, -0.2) is 0 Å². The van der Waals surface area contributed by atoms with Crippen molar-refractivity contribution in [2.75, 3.05) is 13.6 Å². The largest absolute Gasteiger partial charge is 0.314 e. The zero-order valence-electron chi connectivity index (χ0n) is 12.4. The van der Waals surface area contributed by atoms with Crippen LogP contribution < -0.4 is 5.32 Å². The maximum Gasteiger partial charge on any atom is 0.0547 e. The summed E-state index contributed by atoms with van der Waals surface area (Å²) in [5, 5.41) is 3.14. The molecule has 3 heteroatoms. The van der Waals surface area contributed by atoms with Crippen LogP contribution in [0.3, 0.4) is 0 Å². The van der Waals surface area contributed by atoms with Crippen molar-refractivity contribution in [3.63, 3.8) is 0 Å². The van der Waals surface area contributed by atoms with Crippen LogP contribution in [0, 0.1) is 5.92 Å². The van der Waals surface area contributed by atoms with Crippen molar-refractivity contribution in [1.82, 2.24) is 15.2 Å². The molecule has 1 aromatic rings. The van der Waals surface area contributed by atoms with Gasteiger partial charge < -0.3 is 5.32 Å². The average Bonchev–Trinajstić information content (AvgIpc) is 2.28. The number of rotatable bonds is 7. The fraction of sp³-hybridized carbons (Fsp3) is 0.667. The lowest BCUT2D eigenvalue weighted by molar-refractivity contribution is 0.187. The summed E-state index contributed by atoms with van der Waals surface area (Å²) in [6.07, 6.45) is 0. The van der Waals surface area contributed by atoms with Crippen molar-refractivity contribution in [2.24, 2.45) is 5.92 Å². The third-order valence-corrected chi connectivity index (χ3v) is 2.92. The maximum atomic E-state index is 4.69. The SMILES string of the molecule is CNCc1cccc(CN(CC(C)C)C(C)C)n1. The number of nitrogens with zero attached hydrogens (tertiary/aromatic N) is 2. The van der Waals surface area contributed by atoms with Crippen molar-refractivity contribution >= 4 is 0 Å². The molecule has 1 rings (SSSR count). The van der Waals surface area contributed by atoms with Crippen LogP contribution in [-0.4, -0.2) is 29.5 Å². The van der Waals surface area contributed by atoms with Gasteiger partial charge in [0.15, 0.2) is 0 Å². The van der Waals surface area contributed by atoms with E-state index >= 15 is 0 Å². The molecule has 0 aromatic carbocycles. The van der Waals surface area contributed by atoms with Crippen LogP contribution in [0.25, 0.3) is 0 Å². The smallest absolute Gasteiger partial charge is 0.0547 e. The molecule has 0 saturated heterocycles. The zero-order valence-corrected chi connectivity index (χ0v) is 12.4. The van der Waals surface area contributed by atoms with Gasteiger partial charge in [-0.1, -0.05) is 19.9 Å². The zero-order chi connectivity index (χ0) is 13.5. The van der Waals surface area contributed by atoms with E-state index in [1.807, 2.05) is 7.05 Å². The summed E-state index contributed by atoms with van der Waals surface area (Å²) in [5.74, 6) is 0.688. The molecule has 102 valence electrons. The Hall–Kier alpha value is -0.930. The maximum absolute atomic E-state index is 4.69. The van der Waals surface area contributed by atoms with E-state index in [0.717, 1.165) is 31.0 Å². The second-order valence-corrected chi connectivity index (χ2v) is 5.57. The first-order valence-electron chi connectivity index (χ1n) is 6.86. The Kier molecular flexibility index (Phi) is 6.30. The summed E-state index contributed by atoms with van der Waals surface area (Å²) in [4.78, 5) is 7.17. The van der Waals surface area contributed by atoms with Gasteiger partial charge >= 0.3 is 0 Å². The predicted octanol–water partition coefficient (Wildman–Crippen LogP) is 2.67. The van der Waals surface area contributed by atoms with E-state index in [2.05, 4.69) is 61.1 Å². The minimum absolute atomic E-state index is 0.558. The molecular weight excluding hydrogens is 222 g/mol. The Morgan fingerprint density at radius 3 is 2.39 bits per heavy atom. The van der Waals surface area contributed by atoms with E-state index in [9.17, 15) is 0 Å². The normalized spacial score (nSPS) is 11.8. The van der Waals surface area contributed by atoms with Crippen molar-refractivity contribution in [3.05, 3.63) is 29.6 Å². The van der Waals surface area contributed by atoms with Gasteiger partial charge in [0.05, 0.1) is 11.4 Å². The van der Waals surface area contributed by atoms with Crippen molar-refractivity contribution < 1.29 is 0 Å². The number of aromatic nitrogens is 1. The predicted molar refractivity (Wildman–Crippen MR) is 77.4 cm³/mol. The summed E-state index contributed by atoms with van der Waals surface area (Å²) in [6, 6.07) is 6.85. The molecule has 0 aliphatic heterocycles. The molecule has 0 saturated carbocycles. The first-order valence-corrected chi connectivity index (χ1v) is 6.86. The van der Waals surface area contributed by atoms with Crippen molar-refractivity contribution in [2.45, 2.75) is 46.8 Å². The Balaban J connectivity index is 2.70. The topological polar surface area (TPSA) is 28.2 Å². The lowest BCUT2D eigenvalue weighted by Crippen LogP contribution is -2.34. The summed E-state index contributed by atoms with van der Waals surface area (Å²) in [6.45, 7) is 11.9. The Morgan fingerprint density at radius 2 is 1.83 bits per heavy atom. The van der Waals surface area contributed by atoms with E-state index in [1.165, 1.54) is 0 Å². The molecule has 0 aliphatic rings. The number of hydrogen-bond acceptors (Lipinski definition) is 3. The molecule has 0 spiro atoms. The van der Waals surface area contributed by atoms with Gasteiger partial charge in [-0.3, -0.25) is 9.88 Å². The van der Waals surface area contributed by atoms with Gasteiger partial charge in [0.1, 0.15) is 0 Å². The molecule has 0 amide bonds. The van der Waals surface area contributed by atoms with Crippen LogP contribution in [-0.2, 0) is 13.1 Å². The molecule has 18 heavy (non-hydrogen) atoms. The monoisotopic (exact) mass is 249 g/mol. The Labute approximate surface area is 112 Å². The summed E-state index contributed by atoms with van der Waals surface area (Å²) in [5.41, 5.74) is 2.28. The van der Waals surface area contributed by atoms with Crippen molar-refractivity contribution in [1.29, 1.82) is 0 Å². The van der Waals surface area contributed by atoms with E-state index < -0.39 is 0 Å². The quantitative estimate of drug-likeness (QED) is 0.805. The van der Waals surface area contributed by atoms with Crippen LogP contribution >= 0.6 is 0 Å². The lowest BCUT2D eigenvalue weighted by Gasteiger charge is -2.28.